The van der Waals surface area contributed by atoms with Crippen LogP contribution in [0.3, 0.4) is 0 Å². The molecule has 0 saturated heterocycles. The van der Waals surface area contributed by atoms with E-state index in [1.165, 1.54) is 24.5 Å². The van der Waals surface area contributed by atoms with Gasteiger partial charge in [-0.2, -0.15) is 0 Å². The Bertz CT molecular complexity index is 816. The number of carbonyl (C=O) groups excluding carboxylic acids is 2. The van der Waals surface area contributed by atoms with E-state index in [2.05, 4.69) is 0 Å². The van der Waals surface area contributed by atoms with Crippen LogP contribution in [0.15, 0.2) is 9.59 Å². The van der Waals surface area contributed by atoms with Crippen LogP contribution in [0.25, 0.3) is 0 Å². The van der Waals surface area contributed by atoms with Gasteiger partial charge in [0.2, 0.25) is 5.78 Å². The number of aromatic nitrogens is 2. The zero-order valence-corrected chi connectivity index (χ0v) is 16.3. The van der Waals surface area contributed by atoms with Gasteiger partial charge in [0.25, 0.3) is 5.56 Å². The van der Waals surface area contributed by atoms with Gasteiger partial charge in [-0.25, -0.2) is 4.79 Å². The molecule has 2 rings (SSSR count). The molecule has 150 valence electrons. The molecule has 1 aliphatic rings. The van der Waals surface area contributed by atoms with Gasteiger partial charge in [0.15, 0.2) is 6.61 Å². The van der Waals surface area contributed by atoms with E-state index in [9.17, 15) is 19.2 Å². The lowest BCUT2D eigenvalue weighted by Gasteiger charge is -2.16. The molecule has 27 heavy (non-hydrogen) atoms. The fourth-order valence-corrected chi connectivity index (χ4v) is 3.50. The number of nitrogens with two attached hydrogens (primary N) is 1. The Kier molecular flexibility index (Phi) is 6.98. The Balaban J connectivity index is 2.08. The van der Waals surface area contributed by atoms with Gasteiger partial charge in [-0.1, -0.05) is 39.5 Å². The predicted octanol–water partition coefficient (Wildman–Crippen LogP) is 1.48. The molecule has 0 atom stereocenters. The Morgan fingerprint density at radius 1 is 1.22 bits per heavy atom. The van der Waals surface area contributed by atoms with Crippen molar-refractivity contribution >= 4 is 17.6 Å². The molecule has 0 bridgehead atoms. The number of hydrogen-bond acceptors (Lipinski definition) is 6. The molecule has 1 heterocycles. The predicted molar refractivity (Wildman–Crippen MR) is 102 cm³/mol. The molecule has 1 saturated carbocycles. The summed E-state index contributed by atoms with van der Waals surface area (Å²) in [7, 11) is 1.30. The summed E-state index contributed by atoms with van der Waals surface area (Å²) in [6.07, 6.45) is 5.70. The van der Waals surface area contributed by atoms with E-state index in [0.717, 1.165) is 23.8 Å². The Morgan fingerprint density at radius 3 is 2.44 bits per heavy atom. The van der Waals surface area contributed by atoms with Crippen molar-refractivity contribution in [2.24, 2.45) is 18.9 Å². The molecule has 8 heteroatoms. The van der Waals surface area contributed by atoms with Crippen LogP contribution >= 0.6 is 0 Å². The van der Waals surface area contributed by atoms with Gasteiger partial charge >= 0.3 is 11.7 Å². The molecule has 1 aliphatic carbocycles. The van der Waals surface area contributed by atoms with Crippen molar-refractivity contribution in [2.45, 2.75) is 58.9 Å². The van der Waals surface area contributed by atoms with Gasteiger partial charge < -0.3 is 10.5 Å². The largest absolute Gasteiger partial charge is 0.457 e. The maximum Gasteiger partial charge on any atom is 0.332 e. The number of anilines is 1. The molecule has 1 aromatic rings. The number of hydrogen-bond donors (Lipinski definition) is 1. The number of rotatable bonds is 8. The molecule has 0 unspecified atom stereocenters. The lowest BCUT2D eigenvalue weighted by Crippen LogP contribution is -2.43. The van der Waals surface area contributed by atoms with Crippen LogP contribution in [-0.2, 0) is 23.1 Å². The van der Waals surface area contributed by atoms with Gasteiger partial charge in [-0.15, -0.1) is 0 Å². The minimum atomic E-state index is -0.774. The smallest absolute Gasteiger partial charge is 0.332 e. The van der Waals surface area contributed by atoms with Crippen molar-refractivity contribution in [1.29, 1.82) is 0 Å². The van der Waals surface area contributed by atoms with Crippen LogP contribution in [0, 0.1) is 11.8 Å². The van der Waals surface area contributed by atoms with E-state index in [1.54, 1.807) is 0 Å². The molecule has 0 aromatic carbocycles. The number of esters is 1. The van der Waals surface area contributed by atoms with E-state index in [-0.39, 0.29) is 30.3 Å². The summed E-state index contributed by atoms with van der Waals surface area (Å²) in [6, 6.07) is 0. The third kappa shape index (κ3) is 5.08. The molecular formula is C19H29N3O5. The zero-order chi connectivity index (χ0) is 20.1. The van der Waals surface area contributed by atoms with Crippen molar-refractivity contribution in [2.75, 3.05) is 12.3 Å². The second-order valence-electron chi connectivity index (χ2n) is 7.68. The molecule has 0 aliphatic heterocycles. The lowest BCUT2D eigenvalue weighted by molar-refractivity contribution is -0.142. The van der Waals surface area contributed by atoms with E-state index in [4.69, 9.17) is 10.5 Å². The van der Waals surface area contributed by atoms with Crippen LogP contribution in [0.5, 0.6) is 0 Å². The van der Waals surface area contributed by atoms with Crippen LogP contribution in [0.2, 0.25) is 0 Å². The van der Waals surface area contributed by atoms with Crippen LogP contribution in [0.4, 0.5) is 5.82 Å². The number of Topliss-reactive ketones (excluding diaryl/α,β-unsaturated/α-hetero) is 1. The summed E-state index contributed by atoms with van der Waals surface area (Å²) < 4.78 is 7.10. The summed E-state index contributed by atoms with van der Waals surface area (Å²) in [5.74, 6) is -0.681. The highest BCUT2D eigenvalue weighted by Gasteiger charge is 2.23. The van der Waals surface area contributed by atoms with Gasteiger partial charge in [-0.3, -0.25) is 23.5 Å². The maximum absolute atomic E-state index is 12.5. The molecule has 1 aromatic heterocycles. The Hall–Kier alpha value is -2.38. The zero-order valence-electron chi connectivity index (χ0n) is 16.3. The van der Waals surface area contributed by atoms with Crippen molar-refractivity contribution in [3.8, 4) is 0 Å². The Morgan fingerprint density at radius 2 is 1.85 bits per heavy atom. The number of ether oxygens (including phenoxy) is 1. The average molecular weight is 379 g/mol. The van der Waals surface area contributed by atoms with E-state index < -0.39 is 29.6 Å². The summed E-state index contributed by atoms with van der Waals surface area (Å²) >= 11 is 0. The first-order valence-electron chi connectivity index (χ1n) is 9.50. The second kappa shape index (κ2) is 9.01. The molecular weight excluding hydrogens is 350 g/mol. The third-order valence-electron chi connectivity index (χ3n) is 5.01. The monoisotopic (exact) mass is 379 g/mol. The molecule has 2 N–H and O–H groups in total. The standard InChI is InChI=1S/C19H29N3O5/c1-12(2)10-22-17(20)16(18(25)21(3)19(22)26)14(23)11-27-15(24)9-8-13-6-4-5-7-13/h12-13H,4-11,20H2,1-3H3. The van der Waals surface area contributed by atoms with Gasteiger partial charge in [0, 0.05) is 20.0 Å². The first-order chi connectivity index (χ1) is 12.7. The van der Waals surface area contributed by atoms with E-state index in [1.807, 2.05) is 13.8 Å². The summed E-state index contributed by atoms with van der Waals surface area (Å²) in [5, 5.41) is 0. The summed E-state index contributed by atoms with van der Waals surface area (Å²) in [6.45, 7) is 3.51. The van der Waals surface area contributed by atoms with Crippen LogP contribution in [-0.4, -0.2) is 27.5 Å². The topological polar surface area (TPSA) is 113 Å². The van der Waals surface area contributed by atoms with E-state index in [0.29, 0.717) is 5.92 Å². The fourth-order valence-electron chi connectivity index (χ4n) is 3.50. The summed E-state index contributed by atoms with van der Waals surface area (Å²) in [5.41, 5.74) is 4.29. The first-order valence-corrected chi connectivity index (χ1v) is 9.50. The van der Waals surface area contributed by atoms with Crippen molar-refractivity contribution in [1.82, 2.24) is 9.13 Å². The van der Waals surface area contributed by atoms with Gasteiger partial charge in [-0.05, 0) is 18.3 Å². The highest BCUT2D eigenvalue weighted by atomic mass is 16.5. The minimum Gasteiger partial charge on any atom is -0.457 e. The summed E-state index contributed by atoms with van der Waals surface area (Å²) in [4.78, 5) is 49.0. The maximum atomic E-state index is 12.5. The SMILES string of the molecule is CC(C)Cn1c(N)c(C(=O)COC(=O)CCC2CCCC2)c(=O)n(C)c1=O. The molecule has 1 fully saturated rings. The van der Waals surface area contributed by atoms with Gasteiger partial charge in [0.05, 0.1) is 0 Å². The number of nitrogen functional groups attached to an aromatic ring is 1. The normalized spacial score (nSPS) is 14.7. The van der Waals surface area contributed by atoms with Crippen LogP contribution < -0.4 is 17.0 Å². The Labute approximate surface area is 158 Å². The molecule has 0 radical (unpaired) electrons. The number of nitrogens with zero attached hydrogens (tertiary/aromatic N) is 2. The number of ketones is 1. The van der Waals surface area contributed by atoms with Crippen molar-refractivity contribution in [3.05, 3.63) is 26.4 Å². The number of carbonyl (C=O) groups is 2. The quantitative estimate of drug-likeness (QED) is 0.541. The highest BCUT2D eigenvalue weighted by molar-refractivity contribution is 6.01. The second-order valence-corrected chi connectivity index (χ2v) is 7.68. The van der Waals surface area contributed by atoms with Crippen LogP contribution in [0.1, 0.15) is 62.7 Å². The average Bonchev–Trinajstić information content (AvgIpc) is 3.13. The van der Waals surface area contributed by atoms with Crippen molar-refractivity contribution in [3.63, 3.8) is 0 Å². The first kappa shape index (κ1) is 20.9. The lowest BCUT2D eigenvalue weighted by atomic mass is 10.0. The third-order valence-corrected chi connectivity index (χ3v) is 5.01. The molecule has 0 spiro atoms. The van der Waals surface area contributed by atoms with E-state index >= 15 is 0 Å². The highest BCUT2D eigenvalue weighted by Crippen LogP contribution is 2.28. The molecule has 8 nitrogen and oxygen atoms in total. The fraction of sp³-hybridized carbons (Fsp3) is 0.684. The minimum absolute atomic E-state index is 0.0962. The van der Waals surface area contributed by atoms with Crippen molar-refractivity contribution < 1.29 is 14.3 Å². The van der Waals surface area contributed by atoms with Gasteiger partial charge in [0.1, 0.15) is 11.4 Å². The molecule has 0 amide bonds.